The lowest BCUT2D eigenvalue weighted by molar-refractivity contribution is -0.986. The molecule has 0 aromatic heterocycles. The van der Waals surface area contributed by atoms with Crippen molar-refractivity contribution in [2.24, 2.45) is 17.8 Å². The summed E-state index contributed by atoms with van der Waals surface area (Å²) in [5.74, 6) is -4.05. The van der Waals surface area contributed by atoms with Crippen LogP contribution in [0.5, 0.6) is 0 Å². The smallest absolute Gasteiger partial charge is 0.264 e. The van der Waals surface area contributed by atoms with Crippen molar-refractivity contribution in [3.05, 3.63) is 40.5 Å². The first-order chi connectivity index (χ1) is 13.7. The third kappa shape index (κ3) is 0.943. The molecule has 6 saturated carbocycles. The van der Waals surface area contributed by atoms with Crippen LogP contribution in [-0.2, 0) is 0 Å². The highest BCUT2D eigenvalue weighted by Gasteiger charge is 3.46. The molecule has 12 nitrogen and oxygen atoms in total. The highest BCUT2D eigenvalue weighted by molar-refractivity contribution is 6.88. The molecule has 0 bridgehead atoms. The first-order valence-corrected chi connectivity index (χ1v) is 12.5. The minimum Gasteiger partial charge on any atom is -0.264 e. The van der Waals surface area contributed by atoms with Crippen molar-refractivity contribution in [2.75, 3.05) is 0 Å². The molecule has 0 saturated heterocycles. The Balaban J connectivity index is 1.92. The van der Waals surface area contributed by atoms with E-state index in [0.717, 1.165) is 0 Å². The van der Waals surface area contributed by atoms with E-state index >= 15 is 0 Å². The van der Waals surface area contributed by atoms with E-state index in [9.17, 15) is 40.5 Å². The van der Waals surface area contributed by atoms with E-state index in [1.165, 1.54) is 0 Å². The normalized spacial score (nSPS) is 50.6. The van der Waals surface area contributed by atoms with Crippen molar-refractivity contribution in [1.82, 2.24) is 0 Å². The molecule has 0 aliphatic heterocycles. The standard InChI is InChI=1S/C17H24N4O8Si/c1-7(2)30(8(3)4,9(5)6)17-14(19(24)25)10-13(18(22)23)11(14)16(17,21(28)29)12(13)15(10,17)20(26)27/h7-12H,1-6H3. The van der Waals surface area contributed by atoms with Crippen LogP contribution in [0.15, 0.2) is 0 Å². The molecule has 0 aromatic carbocycles. The molecule has 0 unspecified atom stereocenters. The molecule has 6 aliphatic rings. The molecular formula is C17H24N4O8Si. The van der Waals surface area contributed by atoms with Gasteiger partial charge in [0.05, 0.1) is 8.07 Å². The lowest BCUT2D eigenvalue weighted by Crippen LogP contribution is -3.35. The Kier molecular flexibility index (Phi) is 2.89. The summed E-state index contributed by atoms with van der Waals surface area (Å²) in [7, 11) is -3.17. The number of nitro groups is 4. The Bertz CT molecular complexity index is 872. The zero-order valence-corrected chi connectivity index (χ0v) is 18.5. The Morgan fingerprint density at radius 1 is 0.600 bits per heavy atom. The summed E-state index contributed by atoms with van der Waals surface area (Å²) in [5.41, 5.74) is -8.21. The van der Waals surface area contributed by atoms with Crippen molar-refractivity contribution in [2.45, 2.75) is 85.4 Å². The predicted octanol–water partition coefficient (Wildman–Crippen LogP) is 2.38. The Morgan fingerprint density at radius 3 is 1.03 bits per heavy atom. The first kappa shape index (κ1) is 19.8. The van der Waals surface area contributed by atoms with E-state index in [2.05, 4.69) is 0 Å². The maximum absolute atomic E-state index is 12.6. The molecule has 0 spiro atoms. The largest absolute Gasteiger partial charge is 0.272 e. The van der Waals surface area contributed by atoms with Gasteiger partial charge in [-0.15, -0.1) is 0 Å². The van der Waals surface area contributed by atoms with Gasteiger partial charge in [-0.3, -0.25) is 40.5 Å². The number of hydrogen-bond acceptors (Lipinski definition) is 8. The molecule has 0 amide bonds. The summed E-state index contributed by atoms with van der Waals surface area (Å²) in [5, 5.41) is 48.0. The van der Waals surface area contributed by atoms with E-state index in [1.54, 1.807) is 0 Å². The highest BCUT2D eigenvalue weighted by atomic mass is 28.3. The lowest BCUT2D eigenvalue weighted by Gasteiger charge is -3.05. The van der Waals surface area contributed by atoms with Gasteiger partial charge in [0, 0.05) is 19.7 Å². The minimum atomic E-state index is -3.17. The fourth-order valence-electron chi connectivity index (χ4n) is 11.6. The molecule has 164 valence electrons. The van der Waals surface area contributed by atoms with Gasteiger partial charge in [0.25, 0.3) is 22.2 Å². The maximum Gasteiger partial charge on any atom is 0.272 e. The van der Waals surface area contributed by atoms with Gasteiger partial charge in [0.15, 0.2) is 22.8 Å². The van der Waals surface area contributed by atoms with Crippen molar-refractivity contribution in [3.63, 3.8) is 0 Å². The second-order valence-electron chi connectivity index (χ2n) is 10.8. The molecule has 0 aromatic rings. The average Bonchev–Trinajstić information content (AvgIpc) is 2.59. The molecule has 6 rings (SSSR count). The van der Waals surface area contributed by atoms with Crippen LogP contribution in [0.4, 0.5) is 0 Å². The van der Waals surface area contributed by atoms with E-state index in [0.29, 0.717) is 0 Å². The quantitative estimate of drug-likeness (QED) is 0.314. The monoisotopic (exact) mass is 440 g/mol. The number of nitrogens with zero attached hydrogens (tertiary/aromatic N) is 4. The third-order valence-electron chi connectivity index (χ3n) is 10.6. The zero-order chi connectivity index (χ0) is 22.8. The molecule has 6 fully saturated rings. The second kappa shape index (κ2) is 4.39. The fraction of sp³-hybridized carbons (Fsp3) is 1.00. The third-order valence-corrected chi connectivity index (χ3v) is 18.8. The van der Waals surface area contributed by atoms with Crippen molar-refractivity contribution in [3.8, 4) is 0 Å². The van der Waals surface area contributed by atoms with Crippen molar-refractivity contribution in [1.29, 1.82) is 0 Å². The molecule has 0 N–H and O–H groups in total. The topological polar surface area (TPSA) is 173 Å². The zero-order valence-electron chi connectivity index (χ0n) is 17.5. The fourth-order valence-corrected chi connectivity index (χ4v) is 21.4. The Morgan fingerprint density at radius 2 is 0.867 bits per heavy atom. The van der Waals surface area contributed by atoms with Gasteiger partial charge in [0.1, 0.15) is 0 Å². The summed E-state index contributed by atoms with van der Waals surface area (Å²) in [6.07, 6.45) is 0. The van der Waals surface area contributed by atoms with Gasteiger partial charge in [-0.25, -0.2) is 0 Å². The Labute approximate surface area is 172 Å². The van der Waals surface area contributed by atoms with Crippen LogP contribution in [0.25, 0.3) is 0 Å². The van der Waals surface area contributed by atoms with Crippen LogP contribution in [-0.4, -0.2) is 49.9 Å². The van der Waals surface area contributed by atoms with E-state index < -0.39 is 72.7 Å². The van der Waals surface area contributed by atoms with Crippen LogP contribution in [0.1, 0.15) is 41.5 Å². The van der Waals surface area contributed by atoms with Gasteiger partial charge in [0.2, 0.25) is 0 Å². The van der Waals surface area contributed by atoms with Gasteiger partial charge in [-0.1, -0.05) is 41.5 Å². The molecular weight excluding hydrogens is 416 g/mol. The van der Waals surface area contributed by atoms with Crippen LogP contribution in [0.3, 0.4) is 0 Å². The Hall–Kier alpha value is -2.18. The lowest BCUT2D eigenvalue weighted by atomic mass is 8.90. The summed E-state index contributed by atoms with van der Waals surface area (Å²) in [6.45, 7) is 11.2. The SMILES string of the molecule is CC(C)[Si](C(C)C)(C(C)C)C12C3([N+](=O)[O-])C4C5([N+](=O)[O-])C3C1([N+](=O)[O-])C5C42[N+](=O)[O-]. The van der Waals surface area contributed by atoms with Gasteiger partial charge >= 0.3 is 0 Å². The number of hydrogen-bond donors (Lipinski definition) is 0. The summed E-state index contributed by atoms with van der Waals surface area (Å²) in [4.78, 5) is 47.2. The van der Waals surface area contributed by atoms with Gasteiger partial charge in [-0.05, 0) is 16.6 Å². The maximum atomic E-state index is 12.6. The van der Waals surface area contributed by atoms with Crippen molar-refractivity contribution < 1.29 is 19.7 Å². The molecule has 0 atom stereocenters. The molecule has 0 radical (unpaired) electrons. The van der Waals surface area contributed by atoms with Gasteiger partial charge in [-0.2, -0.15) is 0 Å². The molecule has 6 aliphatic carbocycles. The minimum absolute atomic E-state index is 0.195. The van der Waals surface area contributed by atoms with Crippen LogP contribution in [0.2, 0.25) is 21.7 Å². The molecule has 13 heteroatoms. The highest BCUT2D eigenvalue weighted by Crippen LogP contribution is 3.17. The van der Waals surface area contributed by atoms with E-state index in [1.807, 2.05) is 41.5 Å². The summed E-state index contributed by atoms with van der Waals surface area (Å²) < 4.78 is 0. The summed E-state index contributed by atoms with van der Waals surface area (Å²) in [6, 6.07) is 0. The predicted molar refractivity (Wildman–Crippen MR) is 103 cm³/mol. The average molecular weight is 440 g/mol. The first-order valence-electron chi connectivity index (χ1n) is 10.3. The van der Waals surface area contributed by atoms with E-state index in [-0.39, 0.29) is 16.6 Å². The van der Waals surface area contributed by atoms with Crippen LogP contribution < -0.4 is 0 Å². The van der Waals surface area contributed by atoms with Crippen LogP contribution >= 0.6 is 0 Å². The molecule has 0 heterocycles. The van der Waals surface area contributed by atoms with Gasteiger partial charge < -0.3 is 0 Å². The molecule has 30 heavy (non-hydrogen) atoms. The second-order valence-corrected chi connectivity index (χ2v) is 16.9. The van der Waals surface area contributed by atoms with E-state index in [4.69, 9.17) is 0 Å². The summed E-state index contributed by atoms with van der Waals surface area (Å²) >= 11 is 0. The van der Waals surface area contributed by atoms with Crippen LogP contribution in [0, 0.1) is 58.2 Å². The van der Waals surface area contributed by atoms with Crippen molar-refractivity contribution >= 4 is 8.07 Å². The number of rotatable bonds is 8.